The molecule has 0 aliphatic carbocycles. The average Bonchev–Trinajstić information content (AvgIpc) is 2.35. The van der Waals surface area contributed by atoms with Gasteiger partial charge in [0.1, 0.15) is 6.61 Å². The largest absolute Gasteiger partial charge is 0.463 e. The maximum absolute atomic E-state index is 11.4. The van der Waals surface area contributed by atoms with Crippen LogP contribution in [0, 0.1) is 0 Å². The summed E-state index contributed by atoms with van der Waals surface area (Å²) in [6, 6.07) is 9.51. The molecule has 0 aliphatic heterocycles. The van der Waals surface area contributed by atoms with Gasteiger partial charge in [-0.05, 0) is 5.56 Å². The van der Waals surface area contributed by atoms with E-state index in [0.29, 0.717) is 26.2 Å². The van der Waals surface area contributed by atoms with Crippen molar-refractivity contribution in [3.63, 3.8) is 0 Å². The van der Waals surface area contributed by atoms with Crippen molar-refractivity contribution in [1.29, 1.82) is 0 Å². The topological polar surface area (TPSA) is 44.8 Å². The number of hydrogen-bond acceptors (Lipinski definition) is 4. The van der Waals surface area contributed by atoms with Gasteiger partial charge in [0.15, 0.2) is 0 Å². The summed E-state index contributed by atoms with van der Waals surface area (Å²) in [7, 11) is 1.61. The van der Waals surface area contributed by atoms with Crippen LogP contribution in [0.3, 0.4) is 0 Å². The first-order chi connectivity index (χ1) is 8.33. The molecule has 4 nitrogen and oxygen atoms in total. The van der Waals surface area contributed by atoms with E-state index < -0.39 is 0 Å². The van der Waals surface area contributed by atoms with Crippen LogP contribution in [-0.2, 0) is 25.4 Å². The van der Waals surface area contributed by atoms with E-state index in [2.05, 4.69) is 0 Å². The summed E-state index contributed by atoms with van der Waals surface area (Å²) in [6.45, 7) is 1.77. The predicted molar refractivity (Wildman–Crippen MR) is 63.8 cm³/mol. The molecular formula is C13H18O4. The highest BCUT2D eigenvalue weighted by atomic mass is 16.6. The third-order valence-electron chi connectivity index (χ3n) is 2.11. The van der Waals surface area contributed by atoms with E-state index in [0.717, 1.165) is 5.56 Å². The van der Waals surface area contributed by atoms with Crippen LogP contribution in [0.4, 0.5) is 0 Å². The molecule has 94 valence electrons. The van der Waals surface area contributed by atoms with Gasteiger partial charge < -0.3 is 14.2 Å². The van der Waals surface area contributed by atoms with Crippen LogP contribution in [-0.4, -0.2) is 39.5 Å². The maximum atomic E-state index is 11.4. The molecule has 0 aliphatic rings. The average molecular weight is 238 g/mol. The molecule has 1 rings (SSSR count). The van der Waals surface area contributed by atoms with Gasteiger partial charge in [0, 0.05) is 7.11 Å². The molecule has 17 heavy (non-hydrogen) atoms. The zero-order valence-corrected chi connectivity index (χ0v) is 10.1. The fraction of sp³-hybridized carbons (Fsp3) is 0.462. The van der Waals surface area contributed by atoms with Crippen LogP contribution in [0.25, 0.3) is 0 Å². The van der Waals surface area contributed by atoms with Gasteiger partial charge >= 0.3 is 5.97 Å². The van der Waals surface area contributed by atoms with E-state index in [-0.39, 0.29) is 12.6 Å². The molecule has 4 heteroatoms. The summed E-state index contributed by atoms with van der Waals surface area (Å²) in [5, 5.41) is 0. The third-order valence-corrected chi connectivity index (χ3v) is 2.11. The van der Waals surface area contributed by atoms with Crippen molar-refractivity contribution in [3.05, 3.63) is 35.9 Å². The van der Waals surface area contributed by atoms with Gasteiger partial charge in [-0.3, -0.25) is 4.79 Å². The van der Waals surface area contributed by atoms with Gasteiger partial charge in [-0.25, -0.2) is 0 Å². The SMILES string of the molecule is COCCOCCOC(=O)Cc1ccccc1. The van der Waals surface area contributed by atoms with Crippen molar-refractivity contribution in [2.75, 3.05) is 33.5 Å². The van der Waals surface area contributed by atoms with E-state index in [1.54, 1.807) is 7.11 Å². The Hall–Kier alpha value is -1.39. The Morgan fingerprint density at radius 1 is 1.06 bits per heavy atom. The number of hydrogen-bond donors (Lipinski definition) is 0. The van der Waals surface area contributed by atoms with Gasteiger partial charge in [0.25, 0.3) is 0 Å². The van der Waals surface area contributed by atoms with Crippen molar-refractivity contribution in [1.82, 2.24) is 0 Å². The standard InChI is InChI=1S/C13H18O4/c1-15-7-8-16-9-10-17-13(14)11-12-5-3-2-4-6-12/h2-6H,7-11H2,1H3. The lowest BCUT2D eigenvalue weighted by molar-refractivity contribution is -0.144. The Labute approximate surface area is 101 Å². The van der Waals surface area contributed by atoms with Gasteiger partial charge in [-0.2, -0.15) is 0 Å². The molecule has 0 unspecified atom stereocenters. The smallest absolute Gasteiger partial charge is 0.310 e. The summed E-state index contributed by atoms with van der Waals surface area (Å²) in [5.74, 6) is -0.230. The quantitative estimate of drug-likeness (QED) is 0.508. The van der Waals surface area contributed by atoms with E-state index >= 15 is 0 Å². The molecule has 0 radical (unpaired) electrons. The Bertz CT molecular complexity index is 310. The summed E-state index contributed by atoms with van der Waals surface area (Å²) >= 11 is 0. The predicted octanol–water partition coefficient (Wildman–Crippen LogP) is 1.44. The molecule has 0 saturated carbocycles. The number of carbonyl (C=O) groups excluding carboxylic acids is 1. The lowest BCUT2D eigenvalue weighted by Gasteiger charge is -2.05. The second-order valence-corrected chi connectivity index (χ2v) is 3.49. The normalized spacial score (nSPS) is 10.2. The maximum Gasteiger partial charge on any atom is 0.310 e. The molecular weight excluding hydrogens is 220 g/mol. The Balaban J connectivity index is 2.06. The minimum atomic E-state index is -0.230. The molecule has 1 aromatic rings. The number of benzene rings is 1. The lowest BCUT2D eigenvalue weighted by Crippen LogP contribution is -2.14. The number of carbonyl (C=O) groups is 1. The molecule has 1 aromatic carbocycles. The van der Waals surface area contributed by atoms with Gasteiger partial charge in [-0.1, -0.05) is 30.3 Å². The van der Waals surface area contributed by atoms with E-state index in [1.165, 1.54) is 0 Å². The van der Waals surface area contributed by atoms with Crippen LogP contribution in [0.2, 0.25) is 0 Å². The molecule has 0 saturated heterocycles. The summed E-state index contributed by atoms with van der Waals surface area (Å²) in [6.07, 6.45) is 0.304. The Morgan fingerprint density at radius 2 is 1.76 bits per heavy atom. The zero-order valence-electron chi connectivity index (χ0n) is 10.1. The van der Waals surface area contributed by atoms with Crippen molar-refractivity contribution in [2.24, 2.45) is 0 Å². The molecule has 0 bridgehead atoms. The number of esters is 1. The minimum Gasteiger partial charge on any atom is -0.463 e. The number of ether oxygens (including phenoxy) is 3. The molecule has 0 atom stereocenters. The Kier molecular flexibility index (Phi) is 7.02. The first-order valence-electron chi connectivity index (χ1n) is 5.59. The summed E-state index contributed by atoms with van der Waals surface area (Å²) in [4.78, 5) is 11.4. The highest BCUT2D eigenvalue weighted by Gasteiger charge is 2.03. The first kappa shape index (κ1) is 13.7. The minimum absolute atomic E-state index is 0.230. The van der Waals surface area contributed by atoms with Gasteiger partial charge in [-0.15, -0.1) is 0 Å². The lowest BCUT2D eigenvalue weighted by atomic mass is 10.2. The molecule has 0 fully saturated rings. The summed E-state index contributed by atoms with van der Waals surface area (Å²) in [5.41, 5.74) is 0.956. The second kappa shape index (κ2) is 8.73. The third kappa shape index (κ3) is 6.71. The highest BCUT2D eigenvalue weighted by molar-refractivity contribution is 5.72. The van der Waals surface area contributed by atoms with Crippen molar-refractivity contribution < 1.29 is 19.0 Å². The van der Waals surface area contributed by atoms with Crippen LogP contribution in [0.15, 0.2) is 30.3 Å². The Morgan fingerprint density at radius 3 is 2.47 bits per heavy atom. The van der Waals surface area contributed by atoms with Crippen LogP contribution >= 0.6 is 0 Å². The molecule has 0 aromatic heterocycles. The summed E-state index contributed by atoms with van der Waals surface area (Å²) < 4.78 is 15.0. The van der Waals surface area contributed by atoms with Crippen LogP contribution in [0.5, 0.6) is 0 Å². The molecule has 0 amide bonds. The zero-order chi connectivity index (χ0) is 12.3. The van der Waals surface area contributed by atoms with Gasteiger partial charge in [0.05, 0.1) is 26.2 Å². The highest BCUT2D eigenvalue weighted by Crippen LogP contribution is 2.00. The van der Waals surface area contributed by atoms with E-state index in [1.807, 2.05) is 30.3 Å². The second-order valence-electron chi connectivity index (χ2n) is 3.49. The van der Waals surface area contributed by atoms with Crippen molar-refractivity contribution in [2.45, 2.75) is 6.42 Å². The molecule has 0 heterocycles. The van der Waals surface area contributed by atoms with Gasteiger partial charge in [0.2, 0.25) is 0 Å². The fourth-order valence-corrected chi connectivity index (χ4v) is 1.27. The van der Waals surface area contributed by atoms with Crippen LogP contribution in [0.1, 0.15) is 5.56 Å². The van der Waals surface area contributed by atoms with E-state index in [4.69, 9.17) is 14.2 Å². The van der Waals surface area contributed by atoms with Crippen molar-refractivity contribution in [3.8, 4) is 0 Å². The number of methoxy groups -OCH3 is 1. The monoisotopic (exact) mass is 238 g/mol. The first-order valence-corrected chi connectivity index (χ1v) is 5.59. The van der Waals surface area contributed by atoms with Crippen molar-refractivity contribution >= 4 is 5.97 Å². The fourth-order valence-electron chi connectivity index (χ4n) is 1.27. The molecule has 0 N–H and O–H groups in total. The van der Waals surface area contributed by atoms with E-state index in [9.17, 15) is 4.79 Å². The van der Waals surface area contributed by atoms with Crippen LogP contribution < -0.4 is 0 Å². The number of rotatable bonds is 8. The molecule has 0 spiro atoms.